The standard InChI is InChI=1S/C29H41FN2O2/c1-4-5-6-7-8-9-10-25-13-17-28(18-14-25)34-22-29(33)32-20-23(2)31(19-24(32)3)21-26-11-15-27(30)16-12-26/h11-18,23-24H,4-10,19-22H2,1-3H3. The first-order chi connectivity index (χ1) is 16.5. The molecule has 2 aromatic carbocycles. The van der Waals surface area contributed by atoms with E-state index in [9.17, 15) is 9.18 Å². The number of hydrogen-bond donors (Lipinski definition) is 0. The zero-order valence-corrected chi connectivity index (χ0v) is 21.1. The highest BCUT2D eigenvalue weighted by Crippen LogP contribution is 2.20. The van der Waals surface area contributed by atoms with Crippen LogP contribution in [-0.2, 0) is 17.8 Å². The number of aryl methyl sites for hydroxylation is 1. The number of ether oxygens (including phenoxy) is 1. The molecule has 1 fully saturated rings. The summed E-state index contributed by atoms with van der Waals surface area (Å²) in [6, 6.07) is 15.2. The Labute approximate surface area is 205 Å². The minimum absolute atomic E-state index is 0.0249. The maximum Gasteiger partial charge on any atom is 0.260 e. The van der Waals surface area contributed by atoms with Gasteiger partial charge in [0, 0.05) is 31.7 Å². The average molecular weight is 469 g/mol. The molecule has 1 heterocycles. The van der Waals surface area contributed by atoms with Crippen LogP contribution in [0.5, 0.6) is 5.75 Å². The summed E-state index contributed by atoms with van der Waals surface area (Å²) in [5.41, 5.74) is 2.41. The van der Waals surface area contributed by atoms with Crippen LogP contribution in [0.25, 0.3) is 0 Å². The Bertz CT molecular complexity index is 869. The van der Waals surface area contributed by atoms with Crippen molar-refractivity contribution in [1.82, 2.24) is 9.80 Å². The second-order valence-corrected chi connectivity index (χ2v) is 9.75. The van der Waals surface area contributed by atoms with Gasteiger partial charge in [-0.25, -0.2) is 4.39 Å². The van der Waals surface area contributed by atoms with Crippen LogP contribution < -0.4 is 4.74 Å². The van der Waals surface area contributed by atoms with E-state index in [1.807, 2.05) is 29.2 Å². The number of amides is 1. The van der Waals surface area contributed by atoms with Crippen molar-refractivity contribution in [2.45, 2.75) is 84.3 Å². The summed E-state index contributed by atoms with van der Waals surface area (Å²) in [6.07, 6.45) is 8.92. The molecule has 2 aromatic rings. The molecule has 2 atom stereocenters. The van der Waals surface area contributed by atoms with Crippen molar-refractivity contribution in [3.8, 4) is 5.75 Å². The molecule has 1 aliphatic heterocycles. The molecular formula is C29H41FN2O2. The maximum atomic E-state index is 13.2. The van der Waals surface area contributed by atoms with Crippen LogP contribution in [-0.4, -0.2) is 47.5 Å². The Morgan fingerprint density at radius 2 is 1.53 bits per heavy atom. The first-order valence-corrected chi connectivity index (χ1v) is 13.0. The number of unbranched alkanes of at least 4 members (excludes halogenated alkanes) is 5. The van der Waals surface area contributed by atoms with E-state index >= 15 is 0 Å². The summed E-state index contributed by atoms with van der Waals surface area (Å²) in [4.78, 5) is 17.2. The van der Waals surface area contributed by atoms with Gasteiger partial charge in [0.25, 0.3) is 5.91 Å². The first kappa shape index (κ1) is 26.2. The SMILES string of the molecule is CCCCCCCCc1ccc(OCC(=O)N2CC(C)N(Cc3ccc(F)cc3)CC2C)cc1. The summed E-state index contributed by atoms with van der Waals surface area (Å²) >= 11 is 0. The summed E-state index contributed by atoms with van der Waals surface area (Å²) in [5, 5.41) is 0. The van der Waals surface area contributed by atoms with Gasteiger partial charge in [-0.1, -0.05) is 63.3 Å². The van der Waals surface area contributed by atoms with Crippen LogP contribution in [0.2, 0.25) is 0 Å². The van der Waals surface area contributed by atoms with Gasteiger partial charge in [-0.15, -0.1) is 0 Å². The number of carbonyl (C=O) groups excluding carboxylic acids is 1. The minimum Gasteiger partial charge on any atom is -0.484 e. The van der Waals surface area contributed by atoms with Crippen LogP contribution in [0, 0.1) is 5.82 Å². The number of carbonyl (C=O) groups is 1. The number of nitrogens with zero attached hydrogens (tertiary/aromatic N) is 2. The largest absolute Gasteiger partial charge is 0.484 e. The zero-order valence-electron chi connectivity index (χ0n) is 21.1. The molecular weight excluding hydrogens is 427 g/mol. The number of halogens is 1. The van der Waals surface area contributed by atoms with E-state index < -0.39 is 0 Å². The summed E-state index contributed by atoms with van der Waals surface area (Å²) in [5.74, 6) is 0.556. The van der Waals surface area contributed by atoms with E-state index in [2.05, 4.69) is 37.8 Å². The van der Waals surface area contributed by atoms with E-state index in [4.69, 9.17) is 4.74 Å². The van der Waals surface area contributed by atoms with E-state index in [0.717, 1.165) is 30.8 Å². The van der Waals surface area contributed by atoms with E-state index in [1.165, 1.54) is 56.2 Å². The molecule has 5 heteroatoms. The second-order valence-electron chi connectivity index (χ2n) is 9.75. The summed E-state index contributed by atoms with van der Waals surface area (Å²) < 4.78 is 19.0. The lowest BCUT2D eigenvalue weighted by Gasteiger charge is -2.44. The topological polar surface area (TPSA) is 32.8 Å². The fraction of sp³-hybridized carbons (Fsp3) is 0.552. The molecule has 0 radical (unpaired) electrons. The molecule has 1 aliphatic rings. The monoisotopic (exact) mass is 468 g/mol. The fourth-order valence-corrected chi connectivity index (χ4v) is 4.68. The Morgan fingerprint density at radius 3 is 2.24 bits per heavy atom. The van der Waals surface area contributed by atoms with Gasteiger partial charge in [0.2, 0.25) is 0 Å². The average Bonchev–Trinajstić information content (AvgIpc) is 2.84. The molecule has 0 bridgehead atoms. The van der Waals surface area contributed by atoms with Crippen molar-refractivity contribution in [3.63, 3.8) is 0 Å². The van der Waals surface area contributed by atoms with Crippen molar-refractivity contribution < 1.29 is 13.9 Å². The van der Waals surface area contributed by atoms with Crippen LogP contribution >= 0.6 is 0 Å². The molecule has 34 heavy (non-hydrogen) atoms. The van der Waals surface area contributed by atoms with Gasteiger partial charge < -0.3 is 9.64 Å². The van der Waals surface area contributed by atoms with E-state index in [1.54, 1.807) is 0 Å². The minimum atomic E-state index is -0.215. The molecule has 1 amide bonds. The van der Waals surface area contributed by atoms with Gasteiger partial charge in [-0.3, -0.25) is 9.69 Å². The highest BCUT2D eigenvalue weighted by molar-refractivity contribution is 5.78. The molecule has 0 saturated carbocycles. The first-order valence-electron chi connectivity index (χ1n) is 13.0. The van der Waals surface area contributed by atoms with Crippen molar-refractivity contribution in [1.29, 1.82) is 0 Å². The van der Waals surface area contributed by atoms with Gasteiger partial charge in [0.05, 0.1) is 0 Å². The molecule has 4 nitrogen and oxygen atoms in total. The molecule has 0 N–H and O–H groups in total. The fourth-order valence-electron chi connectivity index (χ4n) is 4.68. The van der Waals surface area contributed by atoms with Crippen molar-refractivity contribution >= 4 is 5.91 Å². The Balaban J connectivity index is 1.41. The molecule has 1 saturated heterocycles. The molecule has 0 aliphatic carbocycles. The maximum absolute atomic E-state index is 13.2. The van der Waals surface area contributed by atoms with Crippen LogP contribution in [0.3, 0.4) is 0 Å². The van der Waals surface area contributed by atoms with Crippen molar-refractivity contribution in [2.24, 2.45) is 0 Å². The quantitative estimate of drug-likeness (QED) is 0.346. The normalized spacial score (nSPS) is 18.8. The number of rotatable bonds is 12. The Morgan fingerprint density at radius 1 is 0.882 bits per heavy atom. The molecule has 2 unspecified atom stereocenters. The Kier molecular flexibility index (Phi) is 10.4. The predicted molar refractivity (Wildman–Crippen MR) is 136 cm³/mol. The molecule has 186 valence electrons. The van der Waals surface area contributed by atoms with Crippen molar-refractivity contribution in [2.75, 3.05) is 19.7 Å². The third-order valence-corrected chi connectivity index (χ3v) is 6.84. The highest BCUT2D eigenvalue weighted by atomic mass is 19.1. The summed E-state index contributed by atoms with van der Waals surface area (Å²) in [6.45, 7) is 8.74. The van der Waals surface area contributed by atoms with E-state index in [0.29, 0.717) is 6.54 Å². The van der Waals surface area contributed by atoms with Gasteiger partial charge in [-0.2, -0.15) is 0 Å². The lowest BCUT2D eigenvalue weighted by Crippen LogP contribution is -2.58. The van der Waals surface area contributed by atoms with Crippen LogP contribution in [0.15, 0.2) is 48.5 Å². The van der Waals surface area contributed by atoms with Crippen LogP contribution in [0.1, 0.15) is 70.4 Å². The predicted octanol–water partition coefficient (Wildman–Crippen LogP) is 6.23. The molecule has 3 rings (SSSR count). The second kappa shape index (κ2) is 13.5. The Hall–Kier alpha value is -2.40. The third-order valence-electron chi connectivity index (χ3n) is 6.84. The molecule has 0 spiro atoms. The van der Waals surface area contributed by atoms with Gasteiger partial charge in [0.15, 0.2) is 6.61 Å². The highest BCUT2D eigenvalue weighted by Gasteiger charge is 2.32. The van der Waals surface area contributed by atoms with Gasteiger partial charge in [-0.05, 0) is 62.1 Å². The summed E-state index contributed by atoms with van der Waals surface area (Å²) in [7, 11) is 0. The van der Waals surface area contributed by atoms with Gasteiger partial charge >= 0.3 is 0 Å². The molecule has 0 aromatic heterocycles. The van der Waals surface area contributed by atoms with E-state index in [-0.39, 0.29) is 30.4 Å². The zero-order chi connectivity index (χ0) is 24.3. The number of benzene rings is 2. The number of hydrogen-bond acceptors (Lipinski definition) is 3. The number of piperazine rings is 1. The third kappa shape index (κ3) is 8.12. The lowest BCUT2D eigenvalue weighted by molar-refractivity contribution is -0.139. The van der Waals surface area contributed by atoms with Gasteiger partial charge in [0.1, 0.15) is 11.6 Å². The van der Waals surface area contributed by atoms with Crippen molar-refractivity contribution in [3.05, 3.63) is 65.5 Å². The lowest BCUT2D eigenvalue weighted by atomic mass is 10.0. The smallest absolute Gasteiger partial charge is 0.260 e. The van der Waals surface area contributed by atoms with Crippen LogP contribution in [0.4, 0.5) is 4.39 Å².